The molecule has 8 nitrogen and oxygen atoms in total. The minimum Gasteiger partial charge on any atom is -0.506 e. The largest absolute Gasteiger partial charge is 0.506 e. The molecule has 0 aliphatic carbocycles. The summed E-state index contributed by atoms with van der Waals surface area (Å²) in [7, 11) is 0. The summed E-state index contributed by atoms with van der Waals surface area (Å²) in [5.41, 5.74) is 1.08. The zero-order valence-electron chi connectivity index (χ0n) is 12.4. The standard InChI is InChI=1S/C15H11BrN4O4/c1-8-14(19-7-9(16)2-5-13(19)17-8)15(22)18-11-6-10(20(23)24)3-4-12(11)21/h2-7,21H,1H3,(H,18,22). The van der Waals surface area contributed by atoms with Crippen molar-refractivity contribution in [1.82, 2.24) is 9.38 Å². The van der Waals surface area contributed by atoms with Gasteiger partial charge in [-0.15, -0.1) is 0 Å². The van der Waals surface area contributed by atoms with Crippen LogP contribution in [0.4, 0.5) is 11.4 Å². The highest BCUT2D eigenvalue weighted by Gasteiger charge is 2.19. The van der Waals surface area contributed by atoms with Crippen molar-refractivity contribution in [1.29, 1.82) is 0 Å². The van der Waals surface area contributed by atoms with Gasteiger partial charge in [0.1, 0.15) is 17.1 Å². The van der Waals surface area contributed by atoms with Crippen LogP contribution in [-0.4, -0.2) is 25.3 Å². The molecule has 2 heterocycles. The molecule has 0 saturated carbocycles. The van der Waals surface area contributed by atoms with Crippen LogP contribution in [0.5, 0.6) is 5.75 Å². The molecular weight excluding hydrogens is 380 g/mol. The van der Waals surface area contributed by atoms with Gasteiger partial charge < -0.3 is 10.4 Å². The van der Waals surface area contributed by atoms with E-state index in [0.717, 1.165) is 22.7 Å². The van der Waals surface area contributed by atoms with Gasteiger partial charge in [0.2, 0.25) is 0 Å². The smallest absolute Gasteiger partial charge is 0.274 e. The van der Waals surface area contributed by atoms with Gasteiger partial charge in [-0.25, -0.2) is 4.98 Å². The number of rotatable bonds is 3. The number of aromatic nitrogens is 2. The molecule has 24 heavy (non-hydrogen) atoms. The van der Waals surface area contributed by atoms with Crippen LogP contribution >= 0.6 is 15.9 Å². The molecule has 3 rings (SSSR count). The first-order chi connectivity index (χ1) is 11.4. The molecule has 0 fully saturated rings. The lowest BCUT2D eigenvalue weighted by Gasteiger charge is -2.08. The molecule has 122 valence electrons. The zero-order valence-corrected chi connectivity index (χ0v) is 13.9. The maximum Gasteiger partial charge on any atom is 0.274 e. The quantitative estimate of drug-likeness (QED) is 0.405. The number of amides is 1. The summed E-state index contributed by atoms with van der Waals surface area (Å²) < 4.78 is 2.36. The van der Waals surface area contributed by atoms with Gasteiger partial charge in [-0.2, -0.15) is 0 Å². The lowest BCUT2D eigenvalue weighted by Crippen LogP contribution is -2.15. The molecule has 9 heteroatoms. The molecule has 2 N–H and O–H groups in total. The highest BCUT2D eigenvalue weighted by atomic mass is 79.9. The third kappa shape index (κ3) is 2.81. The number of non-ortho nitro benzene ring substituents is 1. The molecular formula is C15H11BrN4O4. The lowest BCUT2D eigenvalue weighted by atomic mass is 10.2. The molecule has 0 unspecified atom stereocenters. The summed E-state index contributed by atoms with van der Waals surface area (Å²) in [5.74, 6) is -0.796. The number of nitro groups is 1. The summed E-state index contributed by atoms with van der Waals surface area (Å²) in [6, 6.07) is 6.96. The number of hydrogen-bond donors (Lipinski definition) is 2. The van der Waals surface area contributed by atoms with Crippen LogP contribution in [0.15, 0.2) is 41.0 Å². The van der Waals surface area contributed by atoms with Crippen molar-refractivity contribution in [3.05, 3.63) is 62.5 Å². The topological polar surface area (TPSA) is 110 Å². The van der Waals surface area contributed by atoms with Gasteiger partial charge in [-0.05, 0) is 41.1 Å². The third-order valence-electron chi connectivity index (χ3n) is 3.41. The number of phenols is 1. The van der Waals surface area contributed by atoms with Crippen LogP contribution in [0.3, 0.4) is 0 Å². The van der Waals surface area contributed by atoms with E-state index in [1.165, 1.54) is 0 Å². The minimum absolute atomic E-state index is 0.0430. The zero-order chi connectivity index (χ0) is 17.4. The second-order valence-electron chi connectivity index (χ2n) is 5.03. The number of pyridine rings is 1. The van der Waals surface area contributed by atoms with Crippen molar-refractivity contribution in [3.63, 3.8) is 0 Å². The number of fused-ring (bicyclic) bond motifs is 1. The fourth-order valence-corrected chi connectivity index (χ4v) is 2.67. The number of anilines is 1. The maximum atomic E-state index is 12.6. The van der Waals surface area contributed by atoms with Crippen LogP contribution in [0.2, 0.25) is 0 Å². The van der Waals surface area contributed by atoms with Crippen LogP contribution in [0.25, 0.3) is 5.65 Å². The van der Waals surface area contributed by atoms with Gasteiger partial charge in [0, 0.05) is 22.8 Å². The van der Waals surface area contributed by atoms with Gasteiger partial charge in [-0.1, -0.05) is 0 Å². The SMILES string of the molecule is Cc1nc2ccc(Br)cn2c1C(=O)Nc1cc([N+](=O)[O-])ccc1O. The van der Waals surface area contributed by atoms with E-state index in [1.807, 2.05) is 0 Å². The molecule has 0 aliphatic heterocycles. The van der Waals surface area contributed by atoms with Gasteiger partial charge >= 0.3 is 0 Å². The second kappa shape index (κ2) is 5.93. The van der Waals surface area contributed by atoms with E-state index in [4.69, 9.17) is 0 Å². The highest BCUT2D eigenvalue weighted by molar-refractivity contribution is 9.10. The number of imidazole rings is 1. The Labute approximate surface area is 144 Å². The number of aromatic hydroxyl groups is 1. The fourth-order valence-electron chi connectivity index (χ4n) is 2.33. The number of nitrogens with zero attached hydrogens (tertiary/aromatic N) is 3. The Kier molecular flexibility index (Phi) is 3.94. The summed E-state index contributed by atoms with van der Waals surface area (Å²) in [6.07, 6.45) is 1.69. The monoisotopic (exact) mass is 390 g/mol. The van der Waals surface area contributed by atoms with Gasteiger partial charge in [0.25, 0.3) is 11.6 Å². The molecule has 2 aromatic heterocycles. The van der Waals surface area contributed by atoms with Gasteiger partial charge in [-0.3, -0.25) is 19.3 Å². The third-order valence-corrected chi connectivity index (χ3v) is 3.88. The van der Waals surface area contributed by atoms with E-state index in [9.17, 15) is 20.0 Å². The number of carbonyl (C=O) groups excluding carboxylic acids is 1. The summed E-state index contributed by atoms with van der Waals surface area (Å²) in [5, 5.41) is 23.2. The van der Waals surface area contributed by atoms with Crippen molar-refractivity contribution in [2.24, 2.45) is 0 Å². The van der Waals surface area contributed by atoms with Crippen molar-refractivity contribution < 1.29 is 14.8 Å². The molecule has 0 saturated heterocycles. The molecule has 0 aliphatic rings. The van der Waals surface area contributed by atoms with E-state index >= 15 is 0 Å². The van der Waals surface area contributed by atoms with E-state index in [2.05, 4.69) is 26.2 Å². The molecule has 3 aromatic rings. The Bertz CT molecular complexity index is 983. The Balaban J connectivity index is 2.02. The first kappa shape index (κ1) is 15.9. The van der Waals surface area contributed by atoms with E-state index in [-0.39, 0.29) is 22.8 Å². The average Bonchev–Trinajstić information content (AvgIpc) is 2.84. The molecule has 0 radical (unpaired) electrons. The van der Waals surface area contributed by atoms with Crippen LogP contribution in [0.1, 0.15) is 16.2 Å². The lowest BCUT2D eigenvalue weighted by molar-refractivity contribution is -0.384. The summed E-state index contributed by atoms with van der Waals surface area (Å²) in [6.45, 7) is 1.68. The number of nitrogens with one attached hydrogen (secondary N) is 1. The van der Waals surface area contributed by atoms with Crippen molar-refractivity contribution in [3.8, 4) is 5.75 Å². The predicted molar refractivity (Wildman–Crippen MR) is 90.3 cm³/mol. The number of carbonyl (C=O) groups is 1. The van der Waals surface area contributed by atoms with Crippen molar-refractivity contribution in [2.45, 2.75) is 6.92 Å². The normalized spacial score (nSPS) is 10.8. The fraction of sp³-hybridized carbons (Fsp3) is 0.0667. The van der Waals surface area contributed by atoms with Crippen LogP contribution in [-0.2, 0) is 0 Å². The van der Waals surface area contributed by atoms with Crippen molar-refractivity contribution in [2.75, 3.05) is 5.32 Å². The molecule has 1 amide bonds. The number of benzene rings is 1. The Hall–Kier alpha value is -2.94. The van der Waals surface area contributed by atoms with E-state index in [0.29, 0.717) is 11.3 Å². The molecule has 1 aromatic carbocycles. The van der Waals surface area contributed by atoms with E-state index in [1.54, 1.807) is 29.7 Å². The number of aryl methyl sites for hydroxylation is 1. The molecule has 0 spiro atoms. The molecule has 0 atom stereocenters. The number of phenolic OH excluding ortho intramolecular Hbond substituents is 1. The van der Waals surface area contributed by atoms with Gasteiger partial charge in [0.05, 0.1) is 16.3 Å². The van der Waals surface area contributed by atoms with E-state index < -0.39 is 10.8 Å². The summed E-state index contributed by atoms with van der Waals surface area (Å²) in [4.78, 5) is 27.1. The minimum atomic E-state index is -0.605. The number of hydrogen-bond acceptors (Lipinski definition) is 5. The molecule has 0 bridgehead atoms. The van der Waals surface area contributed by atoms with Crippen LogP contribution in [0, 0.1) is 17.0 Å². The first-order valence-electron chi connectivity index (χ1n) is 6.80. The highest BCUT2D eigenvalue weighted by Crippen LogP contribution is 2.28. The van der Waals surface area contributed by atoms with Crippen molar-refractivity contribution >= 4 is 38.9 Å². The average molecular weight is 391 g/mol. The predicted octanol–water partition coefficient (Wildman–Crippen LogP) is 3.27. The van der Waals surface area contributed by atoms with Crippen LogP contribution < -0.4 is 5.32 Å². The summed E-state index contributed by atoms with van der Waals surface area (Å²) >= 11 is 3.33. The Morgan fingerprint density at radius 3 is 2.83 bits per heavy atom. The second-order valence-corrected chi connectivity index (χ2v) is 5.95. The Morgan fingerprint density at radius 1 is 1.38 bits per heavy atom. The maximum absolute atomic E-state index is 12.6. The Morgan fingerprint density at radius 2 is 2.12 bits per heavy atom. The van der Waals surface area contributed by atoms with Gasteiger partial charge in [0.15, 0.2) is 0 Å². The first-order valence-corrected chi connectivity index (χ1v) is 7.59. The number of halogens is 1. The number of nitro benzene ring substituents is 1.